The van der Waals surface area contributed by atoms with Gasteiger partial charge in [-0.05, 0) is 11.5 Å². The number of carbonyl (C=O) groups is 1. The zero-order valence-electron chi connectivity index (χ0n) is 10.1. The topological polar surface area (TPSA) is 54.5 Å². The van der Waals surface area contributed by atoms with Crippen molar-refractivity contribution >= 4 is 15.7 Å². The highest BCUT2D eigenvalue weighted by Crippen LogP contribution is 2.33. The molecule has 0 aromatic rings. The maximum Gasteiger partial charge on any atom is 0.266 e. The molecule has 2 aliphatic heterocycles. The first-order valence-corrected chi connectivity index (χ1v) is 7.12. The molecule has 2 rings (SSSR count). The number of amides is 1. The molecule has 1 saturated heterocycles. The fourth-order valence-electron chi connectivity index (χ4n) is 1.73. The first kappa shape index (κ1) is 12.1. The average molecular weight is 253 g/mol. The van der Waals surface area contributed by atoms with E-state index in [0.717, 1.165) is 0 Å². The minimum absolute atomic E-state index is 0.0118. The van der Waals surface area contributed by atoms with Gasteiger partial charge in [0, 0.05) is 6.20 Å². The molecule has 4 nitrogen and oxygen atoms in total. The van der Waals surface area contributed by atoms with E-state index in [9.17, 15) is 13.2 Å². The van der Waals surface area contributed by atoms with Crippen LogP contribution in [0, 0.1) is 5.41 Å². The largest absolute Gasteiger partial charge is 0.292 e. The number of rotatable bonds is 0. The van der Waals surface area contributed by atoms with Crippen LogP contribution >= 0.6 is 0 Å². The fourth-order valence-corrected chi connectivity index (χ4v) is 3.31. The van der Waals surface area contributed by atoms with E-state index in [1.807, 2.05) is 20.8 Å². The highest BCUT2D eigenvalue weighted by Gasteiger charge is 2.50. The lowest BCUT2D eigenvalue weighted by Crippen LogP contribution is -2.57. The Bertz CT molecular complexity index is 557. The molecule has 0 saturated carbocycles. The van der Waals surface area contributed by atoms with Crippen molar-refractivity contribution < 1.29 is 13.2 Å². The Kier molecular flexibility index (Phi) is 2.56. The molecule has 0 N–H and O–H groups in total. The zero-order chi connectivity index (χ0) is 12.8. The van der Waals surface area contributed by atoms with Gasteiger partial charge in [-0.2, -0.15) is 0 Å². The van der Waals surface area contributed by atoms with Crippen LogP contribution in [0.5, 0.6) is 0 Å². The van der Waals surface area contributed by atoms with Crippen molar-refractivity contribution in [1.29, 1.82) is 0 Å². The van der Waals surface area contributed by atoms with Gasteiger partial charge in [0.2, 0.25) is 0 Å². The van der Waals surface area contributed by atoms with Gasteiger partial charge in [0.1, 0.15) is 0 Å². The van der Waals surface area contributed by atoms with Crippen molar-refractivity contribution in [3.63, 3.8) is 0 Å². The van der Waals surface area contributed by atoms with Gasteiger partial charge in [-0.1, -0.05) is 26.8 Å². The summed E-state index contributed by atoms with van der Waals surface area (Å²) >= 11 is 0. The molecule has 0 bridgehead atoms. The van der Waals surface area contributed by atoms with Gasteiger partial charge >= 0.3 is 0 Å². The Morgan fingerprint density at radius 1 is 1.47 bits per heavy atom. The van der Waals surface area contributed by atoms with Gasteiger partial charge in [0.25, 0.3) is 5.91 Å². The molecule has 0 aromatic heterocycles. The minimum atomic E-state index is -3.27. The number of nitrogens with zero attached hydrogens (tertiary/aromatic N) is 1. The molecule has 2 heterocycles. The number of carbonyl (C=O) groups excluding carboxylic acids is 1. The molecule has 1 fully saturated rings. The third-order valence-electron chi connectivity index (χ3n) is 2.56. The van der Waals surface area contributed by atoms with Crippen molar-refractivity contribution in [2.24, 2.45) is 5.41 Å². The van der Waals surface area contributed by atoms with Crippen LogP contribution in [0.1, 0.15) is 20.8 Å². The van der Waals surface area contributed by atoms with Crippen LogP contribution in [-0.2, 0) is 14.6 Å². The first-order valence-electron chi connectivity index (χ1n) is 5.41. The predicted molar refractivity (Wildman–Crippen MR) is 64.6 cm³/mol. The van der Waals surface area contributed by atoms with Gasteiger partial charge in [-0.3, -0.25) is 9.69 Å². The lowest BCUT2D eigenvalue weighted by Gasteiger charge is -2.40. The van der Waals surface area contributed by atoms with E-state index in [0.29, 0.717) is 0 Å². The number of hydrogen-bond acceptors (Lipinski definition) is 3. The first-order chi connectivity index (χ1) is 7.72. The second-order valence-electron chi connectivity index (χ2n) is 5.35. The third kappa shape index (κ3) is 2.08. The van der Waals surface area contributed by atoms with E-state index in [1.54, 1.807) is 6.08 Å². The van der Waals surface area contributed by atoms with Crippen molar-refractivity contribution in [1.82, 2.24) is 4.90 Å². The molecule has 1 amide bonds. The van der Waals surface area contributed by atoms with Crippen molar-refractivity contribution in [2.75, 3.05) is 5.75 Å². The average Bonchev–Trinajstić information content (AvgIpc) is 2.16. The van der Waals surface area contributed by atoms with Gasteiger partial charge < -0.3 is 0 Å². The Labute approximate surface area is 101 Å². The Balaban J connectivity index is 2.44. The molecule has 0 aromatic carbocycles. The smallest absolute Gasteiger partial charge is 0.266 e. The number of β-lactam (4-membered cyclic amide) rings is 1. The van der Waals surface area contributed by atoms with Crippen LogP contribution in [0.3, 0.4) is 0 Å². The fraction of sp³-hybridized carbons (Fsp3) is 0.500. The summed E-state index contributed by atoms with van der Waals surface area (Å²) < 4.78 is 23.6. The molecular weight excluding hydrogens is 238 g/mol. The van der Waals surface area contributed by atoms with Crippen molar-refractivity contribution in [3.8, 4) is 0 Å². The predicted octanol–water partition coefficient (Wildman–Crippen LogP) is 1.22. The number of hydrogen-bond donors (Lipinski definition) is 0. The minimum Gasteiger partial charge on any atom is -0.292 e. The van der Waals surface area contributed by atoms with E-state index in [2.05, 4.69) is 5.73 Å². The highest BCUT2D eigenvalue weighted by atomic mass is 32.2. The summed E-state index contributed by atoms with van der Waals surface area (Å²) in [6.45, 7) is 5.91. The molecule has 1 atom stereocenters. The molecule has 0 spiro atoms. The molecule has 92 valence electrons. The number of fused-ring (bicyclic) bond motifs is 1. The highest BCUT2D eigenvalue weighted by molar-refractivity contribution is 7.92. The van der Waals surface area contributed by atoms with E-state index >= 15 is 0 Å². The van der Waals surface area contributed by atoms with Crippen LogP contribution in [0.2, 0.25) is 0 Å². The molecule has 0 unspecified atom stereocenters. The Morgan fingerprint density at radius 3 is 2.71 bits per heavy atom. The summed E-state index contributed by atoms with van der Waals surface area (Å²) in [5.41, 5.74) is 2.98. The maximum absolute atomic E-state index is 11.8. The standard InChI is InChI=1S/C12H15NO3S/c1-12(2,3)6-5-9-10(14)13-7-4-8-17(15,16)11(9)13/h4,6-7,11H,8H2,1-3H3/t5?,11-/m0/s1. The Morgan fingerprint density at radius 2 is 2.12 bits per heavy atom. The van der Waals surface area contributed by atoms with E-state index in [1.165, 1.54) is 17.2 Å². The van der Waals surface area contributed by atoms with E-state index in [4.69, 9.17) is 0 Å². The Hall–Kier alpha value is -1.32. The monoisotopic (exact) mass is 253 g/mol. The molecule has 0 aliphatic carbocycles. The summed E-state index contributed by atoms with van der Waals surface area (Å²) in [4.78, 5) is 12.9. The van der Waals surface area contributed by atoms with Crippen molar-refractivity contribution in [3.05, 3.63) is 29.7 Å². The molecule has 5 heteroatoms. The van der Waals surface area contributed by atoms with Gasteiger partial charge in [0.15, 0.2) is 15.2 Å². The van der Waals surface area contributed by atoms with Gasteiger partial charge in [-0.15, -0.1) is 5.73 Å². The second-order valence-corrected chi connectivity index (χ2v) is 7.45. The van der Waals surface area contributed by atoms with E-state index in [-0.39, 0.29) is 22.6 Å². The second kappa shape index (κ2) is 3.59. The molecule has 2 aliphatic rings. The summed E-state index contributed by atoms with van der Waals surface area (Å²) in [7, 11) is -3.27. The summed E-state index contributed by atoms with van der Waals surface area (Å²) in [5, 5.41) is -0.821. The van der Waals surface area contributed by atoms with Gasteiger partial charge in [-0.25, -0.2) is 8.42 Å². The quantitative estimate of drug-likeness (QED) is 0.370. The molecule has 17 heavy (non-hydrogen) atoms. The van der Waals surface area contributed by atoms with Crippen LogP contribution in [0.15, 0.2) is 29.7 Å². The SMILES string of the molecule is CC(C)(C)C=C=C1C(=O)N2C=CCS(=O)(=O)[C@@H]12. The van der Waals surface area contributed by atoms with Crippen LogP contribution in [-0.4, -0.2) is 30.4 Å². The summed E-state index contributed by atoms with van der Waals surface area (Å²) in [6, 6.07) is 0. The molecular formula is C12H15NO3S. The zero-order valence-corrected chi connectivity index (χ0v) is 10.9. The van der Waals surface area contributed by atoms with Gasteiger partial charge in [0.05, 0.1) is 11.3 Å². The summed E-state index contributed by atoms with van der Waals surface area (Å²) in [5.74, 6) is -0.280. The third-order valence-corrected chi connectivity index (χ3v) is 4.36. The molecule has 0 radical (unpaired) electrons. The van der Waals surface area contributed by atoms with Crippen molar-refractivity contribution in [2.45, 2.75) is 26.1 Å². The lowest BCUT2D eigenvalue weighted by molar-refractivity contribution is -0.130. The maximum atomic E-state index is 11.8. The summed E-state index contributed by atoms with van der Waals surface area (Å²) in [6.07, 6.45) is 4.77. The normalized spacial score (nSPS) is 26.1. The van der Waals surface area contributed by atoms with Crippen LogP contribution in [0.25, 0.3) is 0 Å². The number of sulfone groups is 1. The van der Waals surface area contributed by atoms with E-state index < -0.39 is 15.2 Å². The van der Waals surface area contributed by atoms with Crippen LogP contribution in [0.4, 0.5) is 0 Å². The van der Waals surface area contributed by atoms with Crippen LogP contribution < -0.4 is 0 Å². The lowest BCUT2D eigenvalue weighted by atomic mass is 9.95.